The van der Waals surface area contributed by atoms with Gasteiger partial charge in [0.2, 0.25) is 0 Å². The largest absolute Gasteiger partial charge is 0.462 e. The molecule has 10 atom stereocenters. The maximum absolute atomic E-state index is 12.9. The first-order valence-corrected chi connectivity index (χ1v) is 13.9. The van der Waals surface area contributed by atoms with Crippen LogP contribution in [0, 0.1) is 28.6 Å². The third-order valence-electron chi connectivity index (χ3n) is 11.3. The second-order valence-corrected chi connectivity index (χ2v) is 12.7. The number of aliphatic hydroxyl groups is 3. The summed E-state index contributed by atoms with van der Waals surface area (Å²) in [6.45, 7) is 7.15. The Morgan fingerprint density at radius 2 is 1.68 bits per heavy atom. The SMILES string of the molecule is CC(=O)O[C@H]1C[C@@H]2[C@@H](CC[C@@H]3C[C@H](O)CC[C@]32C)[C@]2(O)CC[C@](O)([C@H](C)OC(=O)c3ccccc3)[C@@]12C. The van der Waals surface area contributed by atoms with Gasteiger partial charge in [-0.15, -0.1) is 0 Å². The van der Waals surface area contributed by atoms with Crippen molar-refractivity contribution >= 4 is 11.9 Å². The second-order valence-electron chi connectivity index (χ2n) is 12.7. The molecule has 0 aliphatic heterocycles. The number of ether oxygens (including phenoxy) is 2. The van der Waals surface area contributed by atoms with Crippen LogP contribution in [0.5, 0.6) is 0 Å². The first kappa shape index (κ1) is 26.6. The zero-order valence-electron chi connectivity index (χ0n) is 22.5. The van der Waals surface area contributed by atoms with Gasteiger partial charge in [-0.3, -0.25) is 4.79 Å². The van der Waals surface area contributed by atoms with E-state index >= 15 is 0 Å². The Balaban J connectivity index is 1.51. The summed E-state index contributed by atoms with van der Waals surface area (Å²) in [5, 5.41) is 35.3. The molecule has 7 heteroatoms. The maximum Gasteiger partial charge on any atom is 0.338 e. The lowest BCUT2D eigenvalue weighted by Crippen LogP contribution is -2.72. The summed E-state index contributed by atoms with van der Waals surface area (Å²) in [4.78, 5) is 25.3. The molecule has 0 aromatic heterocycles. The van der Waals surface area contributed by atoms with Crippen LogP contribution < -0.4 is 0 Å². The highest BCUT2D eigenvalue weighted by molar-refractivity contribution is 5.89. The molecular formula is C30H42O7. The standard InChI is InChI=1S/C30H42O7/c1-18(36-26(33)20-8-6-5-7-9-20)29(34)14-15-30(35)23-11-10-21-16-22(32)12-13-27(21,3)24(23)17-25(28(29,30)4)37-19(2)31/h5-9,18,21-25,32,34-35H,10-17H2,1-4H3/t18-,21+,22+,23+,24+,25-,27+,28+,29-,30+/m0/s1. The Bertz CT molecular complexity index is 1040. The number of esters is 2. The van der Waals surface area contributed by atoms with E-state index in [0.717, 1.165) is 32.1 Å². The number of hydrogen-bond acceptors (Lipinski definition) is 7. The Hall–Kier alpha value is -1.96. The third kappa shape index (κ3) is 3.79. The summed E-state index contributed by atoms with van der Waals surface area (Å²) in [5.41, 5.74) is -3.79. The van der Waals surface area contributed by atoms with Crippen LogP contribution in [-0.4, -0.2) is 56.8 Å². The number of benzene rings is 1. The Kier molecular flexibility index (Phi) is 6.52. The lowest BCUT2D eigenvalue weighted by Gasteiger charge is -2.66. The average Bonchev–Trinajstić information content (AvgIpc) is 3.08. The number of carbonyl (C=O) groups excluding carboxylic acids is 2. The van der Waals surface area contributed by atoms with Crippen LogP contribution >= 0.6 is 0 Å². The number of fused-ring (bicyclic) bond motifs is 5. The average molecular weight is 515 g/mol. The first-order chi connectivity index (χ1) is 17.4. The van der Waals surface area contributed by atoms with Crippen molar-refractivity contribution < 1.29 is 34.4 Å². The third-order valence-corrected chi connectivity index (χ3v) is 11.3. The van der Waals surface area contributed by atoms with E-state index in [1.807, 2.05) is 13.0 Å². The van der Waals surface area contributed by atoms with Crippen LogP contribution in [0.3, 0.4) is 0 Å². The highest BCUT2D eigenvalue weighted by atomic mass is 16.6. The van der Waals surface area contributed by atoms with Crippen LogP contribution in [0.1, 0.15) is 89.4 Å². The van der Waals surface area contributed by atoms with E-state index < -0.39 is 40.8 Å². The van der Waals surface area contributed by atoms with Crippen molar-refractivity contribution in [1.29, 1.82) is 0 Å². The molecule has 0 heterocycles. The molecule has 1 aromatic rings. The van der Waals surface area contributed by atoms with E-state index in [-0.39, 0.29) is 29.8 Å². The van der Waals surface area contributed by atoms with Gasteiger partial charge in [-0.1, -0.05) is 32.0 Å². The van der Waals surface area contributed by atoms with E-state index in [1.54, 1.807) is 31.2 Å². The molecular weight excluding hydrogens is 472 g/mol. The number of hydrogen-bond donors (Lipinski definition) is 3. The van der Waals surface area contributed by atoms with E-state index in [4.69, 9.17) is 9.47 Å². The highest BCUT2D eigenvalue weighted by Crippen LogP contribution is 2.71. The minimum Gasteiger partial charge on any atom is -0.462 e. The van der Waals surface area contributed by atoms with Crippen LogP contribution in [0.15, 0.2) is 30.3 Å². The van der Waals surface area contributed by atoms with Crippen molar-refractivity contribution in [2.45, 2.75) is 109 Å². The lowest BCUT2D eigenvalue weighted by atomic mass is 9.42. The van der Waals surface area contributed by atoms with Gasteiger partial charge in [-0.25, -0.2) is 4.79 Å². The van der Waals surface area contributed by atoms with Crippen LogP contribution in [0.25, 0.3) is 0 Å². The molecule has 1 aromatic carbocycles. The minimum absolute atomic E-state index is 0.0770. The van der Waals surface area contributed by atoms with Crippen LogP contribution in [0.2, 0.25) is 0 Å². The molecule has 204 valence electrons. The fourth-order valence-electron chi connectivity index (χ4n) is 9.14. The van der Waals surface area contributed by atoms with Gasteiger partial charge in [0.1, 0.15) is 17.8 Å². The Morgan fingerprint density at radius 1 is 0.973 bits per heavy atom. The molecule has 0 bridgehead atoms. The Morgan fingerprint density at radius 3 is 2.35 bits per heavy atom. The maximum atomic E-state index is 12.9. The van der Waals surface area contributed by atoms with Crippen LogP contribution in [-0.2, 0) is 14.3 Å². The van der Waals surface area contributed by atoms with Crippen molar-refractivity contribution in [3.8, 4) is 0 Å². The summed E-state index contributed by atoms with van der Waals surface area (Å²) >= 11 is 0. The zero-order chi connectivity index (χ0) is 26.8. The van der Waals surface area contributed by atoms with E-state index in [9.17, 15) is 24.9 Å². The van der Waals surface area contributed by atoms with Crippen molar-refractivity contribution in [1.82, 2.24) is 0 Å². The molecule has 4 aliphatic rings. The van der Waals surface area contributed by atoms with Crippen molar-refractivity contribution in [3.05, 3.63) is 35.9 Å². The van der Waals surface area contributed by atoms with E-state index in [0.29, 0.717) is 24.3 Å². The minimum atomic E-state index is -1.59. The zero-order valence-corrected chi connectivity index (χ0v) is 22.5. The molecule has 4 saturated carbocycles. The van der Waals surface area contributed by atoms with Gasteiger partial charge in [0.05, 0.1) is 22.7 Å². The molecule has 0 saturated heterocycles. The van der Waals surface area contributed by atoms with Gasteiger partial charge < -0.3 is 24.8 Å². The monoisotopic (exact) mass is 514 g/mol. The summed E-state index contributed by atoms with van der Waals surface area (Å²) in [7, 11) is 0. The second kappa shape index (κ2) is 9.06. The summed E-state index contributed by atoms with van der Waals surface area (Å²) < 4.78 is 11.8. The van der Waals surface area contributed by atoms with E-state index in [1.165, 1.54) is 6.92 Å². The molecule has 37 heavy (non-hydrogen) atoms. The summed E-state index contributed by atoms with van der Waals surface area (Å²) in [6.07, 6.45) is 3.27. The first-order valence-electron chi connectivity index (χ1n) is 13.9. The van der Waals surface area contributed by atoms with Gasteiger partial charge in [-0.2, -0.15) is 0 Å². The van der Waals surface area contributed by atoms with Crippen molar-refractivity contribution in [3.63, 3.8) is 0 Å². The van der Waals surface area contributed by atoms with Crippen molar-refractivity contribution in [2.24, 2.45) is 28.6 Å². The molecule has 5 rings (SSSR count). The molecule has 4 fully saturated rings. The molecule has 4 aliphatic carbocycles. The lowest BCUT2D eigenvalue weighted by molar-refractivity contribution is -0.288. The van der Waals surface area contributed by atoms with Crippen molar-refractivity contribution in [2.75, 3.05) is 0 Å². The predicted molar refractivity (Wildman–Crippen MR) is 136 cm³/mol. The quantitative estimate of drug-likeness (QED) is 0.520. The predicted octanol–water partition coefficient (Wildman–Crippen LogP) is 4.02. The van der Waals surface area contributed by atoms with E-state index in [2.05, 4.69) is 6.92 Å². The number of rotatable bonds is 4. The van der Waals surface area contributed by atoms with Gasteiger partial charge in [-0.05, 0) is 93.6 Å². The molecule has 0 unspecified atom stereocenters. The number of aliphatic hydroxyl groups excluding tert-OH is 1. The molecule has 0 amide bonds. The molecule has 0 radical (unpaired) electrons. The summed E-state index contributed by atoms with van der Waals surface area (Å²) in [5.74, 6) is -0.606. The normalized spacial score (nSPS) is 45.6. The molecule has 0 spiro atoms. The molecule has 7 nitrogen and oxygen atoms in total. The van der Waals surface area contributed by atoms with Gasteiger partial charge >= 0.3 is 11.9 Å². The highest BCUT2D eigenvalue weighted by Gasteiger charge is 2.77. The fraction of sp³-hybridized carbons (Fsp3) is 0.733. The smallest absolute Gasteiger partial charge is 0.338 e. The summed E-state index contributed by atoms with van der Waals surface area (Å²) in [6, 6.07) is 8.66. The Labute approximate surface area is 219 Å². The topological polar surface area (TPSA) is 113 Å². The molecule has 3 N–H and O–H groups in total. The fourth-order valence-corrected chi connectivity index (χ4v) is 9.14. The van der Waals surface area contributed by atoms with Gasteiger partial charge in [0.25, 0.3) is 0 Å². The van der Waals surface area contributed by atoms with Crippen LogP contribution in [0.4, 0.5) is 0 Å². The number of carbonyl (C=O) groups is 2. The van der Waals surface area contributed by atoms with Gasteiger partial charge in [0.15, 0.2) is 0 Å². The van der Waals surface area contributed by atoms with Gasteiger partial charge in [0, 0.05) is 6.92 Å².